The number of fused-ring (bicyclic) bond motifs is 1. The summed E-state index contributed by atoms with van der Waals surface area (Å²) < 4.78 is 5.91. The van der Waals surface area contributed by atoms with Crippen LogP contribution < -0.4 is 5.32 Å². The molecule has 1 N–H and O–H groups in total. The summed E-state index contributed by atoms with van der Waals surface area (Å²) in [6.45, 7) is 0.762. The molecule has 122 valence electrons. The molecule has 3 nitrogen and oxygen atoms in total. The lowest BCUT2D eigenvalue weighted by atomic mass is 9.81. The molecule has 23 heavy (non-hydrogen) atoms. The molecule has 0 amide bonds. The molecule has 3 rings (SSSR count). The van der Waals surface area contributed by atoms with Crippen LogP contribution in [0.2, 0.25) is 5.02 Å². The van der Waals surface area contributed by atoms with E-state index >= 15 is 0 Å². The van der Waals surface area contributed by atoms with E-state index in [9.17, 15) is 4.79 Å². The summed E-state index contributed by atoms with van der Waals surface area (Å²) in [6, 6.07) is 15.2. The molecule has 1 aliphatic heterocycles. The number of benzene rings is 2. The molecule has 0 aromatic heterocycles. The van der Waals surface area contributed by atoms with E-state index in [1.54, 1.807) is 0 Å². The third-order valence-electron chi connectivity index (χ3n) is 4.15. The van der Waals surface area contributed by atoms with E-state index in [4.69, 9.17) is 16.3 Å². The highest BCUT2D eigenvalue weighted by molar-refractivity contribution is 6.30. The van der Waals surface area contributed by atoms with Crippen molar-refractivity contribution in [2.24, 2.45) is 0 Å². The van der Waals surface area contributed by atoms with Gasteiger partial charge < -0.3 is 10.1 Å². The van der Waals surface area contributed by atoms with Crippen molar-refractivity contribution >= 4 is 30.0 Å². The van der Waals surface area contributed by atoms with Gasteiger partial charge in [0, 0.05) is 17.9 Å². The van der Waals surface area contributed by atoms with Gasteiger partial charge in [0.15, 0.2) is 0 Å². The number of ether oxygens (including phenoxy) is 1. The summed E-state index contributed by atoms with van der Waals surface area (Å²) >= 11 is 5.99. The van der Waals surface area contributed by atoms with Gasteiger partial charge in [-0.1, -0.05) is 41.9 Å². The van der Waals surface area contributed by atoms with Crippen LogP contribution in [0.5, 0.6) is 0 Å². The van der Waals surface area contributed by atoms with Crippen LogP contribution in [0.25, 0.3) is 0 Å². The fourth-order valence-corrected chi connectivity index (χ4v) is 3.10. The van der Waals surface area contributed by atoms with Crippen molar-refractivity contribution in [3.8, 4) is 0 Å². The van der Waals surface area contributed by atoms with Gasteiger partial charge in [-0.15, -0.1) is 12.4 Å². The Morgan fingerprint density at radius 1 is 1.17 bits per heavy atom. The normalized spacial score (nSPS) is 19.5. The van der Waals surface area contributed by atoms with E-state index in [2.05, 4.69) is 5.32 Å². The number of hydrogen-bond donors (Lipinski definition) is 1. The number of carbonyl (C=O) groups is 1. The van der Waals surface area contributed by atoms with Gasteiger partial charge >= 0.3 is 5.97 Å². The van der Waals surface area contributed by atoms with Crippen LogP contribution in [0.3, 0.4) is 0 Å². The molecule has 1 heterocycles. The first-order valence-electron chi connectivity index (χ1n) is 7.36. The Hall–Kier alpha value is -1.55. The van der Waals surface area contributed by atoms with Crippen molar-refractivity contribution < 1.29 is 9.53 Å². The maximum atomic E-state index is 12.4. The first kappa shape index (κ1) is 17.8. The van der Waals surface area contributed by atoms with E-state index in [-0.39, 0.29) is 18.4 Å². The zero-order chi connectivity index (χ0) is 15.6. The standard InChI is InChI=1S/C18H18ClNO2.ClH/c1-20-11-10-18(14-6-8-15(19)9-7-14)12-13-4-2-3-5-16(13)17(21)22-18;/h2-9,20H,10-12H2,1H3;1H. The second kappa shape index (κ2) is 7.35. The molecular formula is C18H19Cl2NO2. The van der Waals surface area contributed by atoms with Crippen LogP contribution >= 0.6 is 24.0 Å². The lowest BCUT2D eigenvalue weighted by Crippen LogP contribution is -2.41. The van der Waals surface area contributed by atoms with E-state index in [0.29, 0.717) is 23.4 Å². The second-order valence-corrected chi connectivity index (χ2v) is 6.01. The predicted molar refractivity (Wildman–Crippen MR) is 94.5 cm³/mol. The maximum absolute atomic E-state index is 12.4. The van der Waals surface area contributed by atoms with Crippen molar-refractivity contribution in [3.63, 3.8) is 0 Å². The minimum atomic E-state index is -0.640. The van der Waals surface area contributed by atoms with Crippen LogP contribution in [-0.2, 0) is 16.8 Å². The largest absolute Gasteiger partial charge is 0.450 e. The SMILES string of the molecule is CNCCC1(c2ccc(Cl)cc2)Cc2ccccc2C(=O)O1.Cl. The van der Waals surface area contributed by atoms with Crippen molar-refractivity contribution in [2.75, 3.05) is 13.6 Å². The fourth-order valence-electron chi connectivity index (χ4n) is 2.98. The van der Waals surface area contributed by atoms with Gasteiger partial charge in [0.2, 0.25) is 0 Å². The molecule has 0 spiro atoms. The lowest BCUT2D eigenvalue weighted by Gasteiger charge is -2.38. The third kappa shape index (κ3) is 3.52. The zero-order valence-electron chi connectivity index (χ0n) is 12.8. The number of cyclic esters (lactones) is 1. The van der Waals surface area contributed by atoms with Crippen LogP contribution in [-0.4, -0.2) is 19.6 Å². The molecule has 1 aliphatic rings. The molecule has 0 fully saturated rings. The third-order valence-corrected chi connectivity index (χ3v) is 4.40. The molecule has 1 atom stereocenters. The number of halogens is 2. The monoisotopic (exact) mass is 351 g/mol. The summed E-state index contributed by atoms with van der Waals surface area (Å²) in [5, 5.41) is 3.82. The Kier molecular flexibility index (Phi) is 5.69. The van der Waals surface area contributed by atoms with Gasteiger partial charge in [-0.2, -0.15) is 0 Å². The van der Waals surface area contributed by atoms with Gasteiger partial charge in [-0.3, -0.25) is 0 Å². The quantitative estimate of drug-likeness (QED) is 0.846. The van der Waals surface area contributed by atoms with Crippen molar-refractivity contribution in [2.45, 2.75) is 18.4 Å². The summed E-state index contributed by atoms with van der Waals surface area (Å²) in [5.74, 6) is -0.257. The highest BCUT2D eigenvalue weighted by atomic mass is 35.5. The lowest BCUT2D eigenvalue weighted by molar-refractivity contribution is -0.0323. The summed E-state index contributed by atoms with van der Waals surface area (Å²) in [4.78, 5) is 12.4. The highest BCUT2D eigenvalue weighted by Gasteiger charge is 2.41. The molecule has 0 saturated heterocycles. The highest BCUT2D eigenvalue weighted by Crippen LogP contribution is 2.39. The summed E-state index contributed by atoms with van der Waals surface area (Å²) in [5.41, 5.74) is 2.04. The van der Waals surface area contributed by atoms with E-state index in [0.717, 1.165) is 17.7 Å². The van der Waals surface area contributed by atoms with Crippen molar-refractivity contribution in [1.82, 2.24) is 5.32 Å². The number of rotatable bonds is 4. The van der Waals surface area contributed by atoms with E-state index < -0.39 is 5.60 Å². The Bertz CT molecular complexity index is 688. The minimum Gasteiger partial charge on any atom is -0.450 e. The molecule has 0 aliphatic carbocycles. The molecule has 0 saturated carbocycles. The molecule has 2 aromatic rings. The predicted octanol–water partition coefficient (Wildman–Crippen LogP) is 3.98. The first-order valence-corrected chi connectivity index (χ1v) is 7.74. The average molecular weight is 352 g/mol. The number of nitrogens with one attached hydrogen (secondary N) is 1. The molecular weight excluding hydrogens is 333 g/mol. The van der Waals surface area contributed by atoms with Gasteiger partial charge in [0.1, 0.15) is 5.60 Å². The molecule has 1 unspecified atom stereocenters. The van der Waals surface area contributed by atoms with E-state index in [1.807, 2.05) is 55.6 Å². The molecule has 2 aromatic carbocycles. The average Bonchev–Trinajstić information content (AvgIpc) is 2.53. The molecule has 0 radical (unpaired) electrons. The van der Waals surface area contributed by atoms with Crippen molar-refractivity contribution in [1.29, 1.82) is 0 Å². The van der Waals surface area contributed by atoms with Crippen LogP contribution in [0.1, 0.15) is 27.9 Å². The molecule has 5 heteroatoms. The first-order chi connectivity index (χ1) is 10.6. The Labute approximate surface area is 147 Å². The number of esters is 1. The van der Waals surface area contributed by atoms with Gasteiger partial charge in [0.25, 0.3) is 0 Å². The van der Waals surface area contributed by atoms with Crippen LogP contribution in [0.15, 0.2) is 48.5 Å². The summed E-state index contributed by atoms with van der Waals surface area (Å²) in [7, 11) is 1.90. The minimum absolute atomic E-state index is 0. The maximum Gasteiger partial charge on any atom is 0.339 e. The topological polar surface area (TPSA) is 38.3 Å². The fraction of sp³-hybridized carbons (Fsp3) is 0.278. The Balaban J connectivity index is 0.00000192. The Morgan fingerprint density at radius 3 is 2.57 bits per heavy atom. The number of hydrogen-bond acceptors (Lipinski definition) is 3. The van der Waals surface area contributed by atoms with Crippen LogP contribution in [0, 0.1) is 0 Å². The van der Waals surface area contributed by atoms with Gasteiger partial charge in [0.05, 0.1) is 5.56 Å². The zero-order valence-corrected chi connectivity index (χ0v) is 14.4. The smallest absolute Gasteiger partial charge is 0.339 e. The van der Waals surface area contributed by atoms with E-state index in [1.165, 1.54) is 0 Å². The van der Waals surface area contributed by atoms with Gasteiger partial charge in [-0.05, 0) is 42.9 Å². The number of carbonyl (C=O) groups excluding carboxylic acids is 1. The van der Waals surface area contributed by atoms with Crippen molar-refractivity contribution in [3.05, 3.63) is 70.2 Å². The van der Waals surface area contributed by atoms with Gasteiger partial charge in [-0.25, -0.2) is 4.79 Å². The Morgan fingerprint density at radius 2 is 1.87 bits per heavy atom. The summed E-state index contributed by atoms with van der Waals surface area (Å²) in [6.07, 6.45) is 1.39. The molecule has 0 bridgehead atoms. The second-order valence-electron chi connectivity index (χ2n) is 5.58. The van der Waals surface area contributed by atoms with Crippen LogP contribution in [0.4, 0.5) is 0 Å².